The largest absolute Gasteiger partial charge is 0.324 e. The molecule has 7 heteroatoms. The van der Waals surface area contributed by atoms with Gasteiger partial charge in [0, 0.05) is 10.9 Å². The van der Waals surface area contributed by atoms with E-state index in [9.17, 15) is 13.2 Å². The average molecular weight is 314 g/mol. The van der Waals surface area contributed by atoms with Crippen LogP contribution in [0.4, 0.5) is 5.69 Å². The van der Waals surface area contributed by atoms with Gasteiger partial charge in [-0.05, 0) is 38.5 Å². The Morgan fingerprint density at radius 2 is 2.15 bits per heavy atom. The highest BCUT2D eigenvalue weighted by Crippen LogP contribution is 2.36. The summed E-state index contributed by atoms with van der Waals surface area (Å²) in [5, 5.41) is 2.57. The van der Waals surface area contributed by atoms with Gasteiger partial charge < -0.3 is 5.32 Å². The molecule has 0 spiro atoms. The fourth-order valence-corrected chi connectivity index (χ4v) is 4.05. The molecule has 1 aliphatic heterocycles. The van der Waals surface area contributed by atoms with E-state index in [-0.39, 0.29) is 22.1 Å². The number of rotatable bonds is 4. The van der Waals surface area contributed by atoms with E-state index in [1.165, 1.54) is 17.8 Å². The van der Waals surface area contributed by atoms with Gasteiger partial charge in [-0.15, -0.1) is 11.8 Å². The molecule has 1 aliphatic rings. The third kappa shape index (κ3) is 3.16. The first-order chi connectivity index (χ1) is 9.33. The van der Waals surface area contributed by atoms with E-state index in [0.29, 0.717) is 12.1 Å². The van der Waals surface area contributed by atoms with Crippen molar-refractivity contribution in [1.82, 2.24) is 4.72 Å². The van der Waals surface area contributed by atoms with Crippen molar-refractivity contribution in [3.63, 3.8) is 0 Å². The molecule has 2 atom stereocenters. The topological polar surface area (TPSA) is 75.3 Å². The Hall–Kier alpha value is -1.05. The zero-order chi connectivity index (χ0) is 14.9. The summed E-state index contributed by atoms with van der Waals surface area (Å²) >= 11 is 1.43. The Morgan fingerprint density at radius 3 is 2.80 bits per heavy atom. The zero-order valence-corrected chi connectivity index (χ0v) is 13.3. The van der Waals surface area contributed by atoms with Gasteiger partial charge in [0.2, 0.25) is 15.9 Å². The standard InChI is InChI=1S/C13H18N2O3S2/c1-4-8(2)15-20(17,18)10-5-6-12-11(7-10)14-13(16)9(3)19-12/h5-9,15H,4H2,1-3H3,(H,14,16)/t8-,9-/m1/s1. The van der Waals surface area contributed by atoms with Crippen LogP contribution in [-0.4, -0.2) is 25.6 Å². The van der Waals surface area contributed by atoms with Crippen LogP contribution in [0, 0.1) is 0 Å². The number of hydrogen-bond donors (Lipinski definition) is 2. The summed E-state index contributed by atoms with van der Waals surface area (Å²) in [7, 11) is -3.55. The van der Waals surface area contributed by atoms with E-state index in [2.05, 4.69) is 10.0 Å². The maximum atomic E-state index is 12.2. The summed E-state index contributed by atoms with van der Waals surface area (Å²) < 4.78 is 27.0. The number of nitrogens with one attached hydrogen (secondary N) is 2. The SMILES string of the molecule is CC[C@@H](C)NS(=O)(=O)c1ccc2c(c1)NC(=O)[C@@H](C)S2. The summed E-state index contributed by atoms with van der Waals surface area (Å²) in [5.74, 6) is -0.105. The monoisotopic (exact) mass is 314 g/mol. The molecule has 0 saturated carbocycles. The Balaban J connectivity index is 2.32. The fraction of sp³-hybridized carbons (Fsp3) is 0.462. The summed E-state index contributed by atoms with van der Waals surface area (Å²) in [5.41, 5.74) is 0.560. The second-order valence-electron chi connectivity index (χ2n) is 4.84. The highest BCUT2D eigenvalue weighted by atomic mass is 32.2. The molecule has 1 aromatic carbocycles. The van der Waals surface area contributed by atoms with Gasteiger partial charge in [0.25, 0.3) is 0 Å². The molecule has 1 heterocycles. The first-order valence-corrected chi connectivity index (χ1v) is 8.83. The summed E-state index contributed by atoms with van der Waals surface area (Å²) in [6.45, 7) is 5.55. The van der Waals surface area contributed by atoms with Crippen LogP contribution in [-0.2, 0) is 14.8 Å². The normalized spacial score (nSPS) is 20.1. The van der Waals surface area contributed by atoms with Gasteiger partial charge in [-0.1, -0.05) is 6.92 Å². The molecule has 0 aromatic heterocycles. The minimum absolute atomic E-state index is 0.105. The lowest BCUT2D eigenvalue weighted by atomic mass is 10.3. The third-order valence-corrected chi connectivity index (χ3v) is 5.93. The number of sulfonamides is 1. The average Bonchev–Trinajstić information content (AvgIpc) is 2.39. The van der Waals surface area contributed by atoms with Crippen molar-refractivity contribution in [2.45, 2.75) is 48.3 Å². The molecule has 0 bridgehead atoms. The number of anilines is 1. The van der Waals surface area contributed by atoms with E-state index in [0.717, 1.165) is 4.90 Å². The Bertz CT molecular complexity index is 629. The van der Waals surface area contributed by atoms with Gasteiger partial charge in [0.1, 0.15) is 0 Å². The maximum absolute atomic E-state index is 12.2. The van der Waals surface area contributed by atoms with Gasteiger partial charge >= 0.3 is 0 Å². The number of amides is 1. The molecule has 0 saturated heterocycles. The number of hydrogen-bond acceptors (Lipinski definition) is 4. The van der Waals surface area contributed by atoms with E-state index in [4.69, 9.17) is 0 Å². The van der Waals surface area contributed by atoms with Gasteiger partial charge in [0.15, 0.2) is 0 Å². The molecule has 0 unspecified atom stereocenters. The molecule has 1 aromatic rings. The fourth-order valence-electron chi connectivity index (χ4n) is 1.77. The first-order valence-electron chi connectivity index (χ1n) is 6.47. The van der Waals surface area contributed by atoms with Crippen molar-refractivity contribution in [3.8, 4) is 0 Å². The van der Waals surface area contributed by atoms with Crippen LogP contribution in [0.5, 0.6) is 0 Å². The molecule has 0 fully saturated rings. The van der Waals surface area contributed by atoms with Gasteiger partial charge in [-0.25, -0.2) is 13.1 Å². The zero-order valence-electron chi connectivity index (χ0n) is 11.6. The molecule has 0 radical (unpaired) electrons. The van der Waals surface area contributed by atoms with E-state index < -0.39 is 10.0 Å². The molecular weight excluding hydrogens is 296 g/mol. The van der Waals surface area contributed by atoms with Crippen molar-refractivity contribution in [2.24, 2.45) is 0 Å². The van der Waals surface area contributed by atoms with E-state index >= 15 is 0 Å². The van der Waals surface area contributed by atoms with Gasteiger partial charge in [0.05, 0.1) is 15.8 Å². The van der Waals surface area contributed by atoms with Crippen LogP contribution in [0.1, 0.15) is 27.2 Å². The van der Waals surface area contributed by atoms with Gasteiger partial charge in [-0.2, -0.15) is 0 Å². The Kier molecular flexibility index (Phi) is 4.41. The minimum Gasteiger partial charge on any atom is -0.324 e. The second kappa shape index (κ2) is 5.75. The molecule has 0 aliphatic carbocycles. The maximum Gasteiger partial charge on any atom is 0.240 e. The smallest absolute Gasteiger partial charge is 0.240 e. The predicted molar refractivity (Wildman–Crippen MR) is 80.5 cm³/mol. The van der Waals surface area contributed by atoms with Crippen molar-refractivity contribution in [3.05, 3.63) is 18.2 Å². The lowest BCUT2D eigenvalue weighted by Crippen LogP contribution is -2.32. The van der Waals surface area contributed by atoms with Crippen LogP contribution in [0.25, 0.3) is 0 Å². The Labute approximate surface area is 123 Å². The highest BCUT2D eigenvalue weighted by Gasteiger charge is 2.25. The van der Waals surface area contributed by atoms with Crippen LogP contribution in [0.3, 0.4) is 0 Å². The van der Waals surface area contributed by atoms with Crippen molar-refractivity contribution < 1.29 is 13.2 Å². The van der Waals surface area contributed by atoms with Crippen LogP contribution >= 0.6 is 11.8 Å². The second-order valence-corrected chi connectivity index (χ2v) is 7.93. The third-order valence-electron chi connectivity index (χ3n) is 3.16. The number of carbonyl (C=O) groups excluding carboxylic acids is 1. The molecule has 5 nitrogen and oxygen atoms in total. The summed E-state index contributed by atoms with van der Waals surface area (Å²) in [6, 6.07) is 4.69. The minimum atomic E-state index is -3.55. The van der Waals surface area contributed by atoms with Crippen molar-refractivity contribution in [1.29, 1.82) is 0 Å². The summed E-state index contributed by atoms with van der Waals surface area (Å²) in [4.78, 5) is 12.7. The van der Waals surface area contributed by atoms with Crippen LogP contribution < -0.4 is 10.0 Å². The molecule has 20 heavy (non-hydrogen) atoms. The lowest BCUT2D eigenvalue weighted by molar-refractivity contribution is -0.115. The highest BCUT2D eigenvalue weighted by molar-refractivity contribution is 8.01. The number of carbonyl (C=O) groups is 1. The number of thioether (sulfide) groups is 1. The van der Waals surface area contributed by atoms with E-state index in [1.54, 1.807) is 12.1 Å². The number of benzene rings is 1. The van der Waals surface area contributed by atoms with Crippen molar-refractivity contribution >= 4 is 33.4 Å². The van der Waals surface area contributed by atoms with E-state index in [1.807, 2.05) is 20.8 Å². The Morgan fingerprint density at radius 1 is 1.45 bits per heavy atom. The number of fused-ring (bicyclic) bond motifs is 1. The predicted octanol–water partition coefficient (Wildman–Crippen LogP) is 2.20. The molecule has 2 N–H and O–H groups in total. The molecule has 2 rings (SSSR count). The van der Waals surface area contributed by atoms with Crippen molar-refractivity contribution in [2.75, 3.05) is 5.32 Å². The molecule has 1 amide bonds. The molecule has 110 valence electrons. The first kappa shape index (κ1) is 15.3. The quantitative estimate of drug-likeness (QED) is 0.893. The summed E-state index contributed by atoms with van der Waals surface area (Å²) in [6.07, 6.45) is 0.717. The molecular formula is C13H18N2O3S2. The van der Waals surface area contributed by atoms with Crippen LogP contribution in [0.15, 0.2) is 28.0 Å². The van der Waals surface area contributed by atoms with Crippen LogP contribution in [0.2, 0.25) is 0 Å². The lowest BCUT2D eigenvalue weighted by Gasteiger charge is -2.22. The van der Waals surface area contributed by atoms with Gasteiger partial charge in [-0.3, -0.25) is 4.79 Å².